The zero-order chi connectivity index (χ0) is 17.1. The third-order valence-electron chi connectivity index (χ3n) is 5.98. The standard InChI is InChI=1S/C21H30N4/c1-2-24-12-6-13-25-16-11-22-21(25)20(24)19-9-14-23(15-10-19)17-18-7-4-3-5-8-18/h3-5,7-8,11,16,19-20H,2,6,9-10,12-15,17H2,1H3. The molecule has 2 aliphatic rings. The topological polar surface area (TPSA) is 24.3 Å². The molecule has 0 spiro atoms. The maximum Gasteiger partial charge on any atom is 0.126 e. The summed E-state index contributed by atoms with van der Waals surface area (Å²) in [5.41, 5.74) is 1.43. The fraction of sp³-hybridized carbons (Fsp3) is 0.571. The first-order chi connectivity index (χ1) is 12.3. The van der Waals surface area contributed by atoms with Crippen molar-refractivity contribution in [3.8, 4) is 0 Å². The van der Waals surface area contributed by atoms with E-state index in [4.69, 9.17) is 4.98 Å². The van der Waals surface area contributed by atoms with E-state index in [1.165, 1.54) is 50.3 Å². The van der Waals surface area contributed by atoms with Crippen molar-refractivity contribution in [1.29, 1.82) is 0 Å². The highest BCUT2D eigenvalue weighted by molar-refractivity contribution is 5.14. The Bertz CT molecular complexity index is 658. The van der Waals surface area contributed by atoms with Crippen LogP contribution in [-0.2, 0) is 13.1 Å². The van der Waals surface area contributed by atoms with Crippen molar-refractivity contribution in [1.82, 2.24) is 19.4 Å². The Labute approximate surface area is 151 Å². The molecule has 1 unspecified atom stereocenters. The Morgan fingerprint density at radius 1 is 1.04 bits per heavy atom. The van der Waals surface area contributed by atoms with Gasteiger partial charge >= 0.3 is 0 Å². The van der Waals surface area contributed by atoms with E-state index in [0.717, 1.165) is 25.6 Å². The van der Waals surface area contributed by atoms with E-state index in [-0.39, 0.29) is 0 Å². The van der Waals surface area contributed by atoms with Gasteiger partial charge in [0.25, 0.3) is 0 Å². The maximum absolute atomic E-state index is 4.77. The number of aromatic nitrogens is 2. The molecule has 1 aromatic carbocycles. The molecule has 134 valence electrons. The van der Waals surface area contributed by atoms with E-state index >= 15 is 0 Å². The second-order valence-corrected chi connectivity index (χ2v) is 7.50. The molecule has 2 aromatic rings. The second-order valence-electron chi connectivity index (χ2n) is 7.50. The summed E-state index contributed by atoms with van der Waals surface area (Å²) in [5.74, 6) is 2.03. The first-order valence-corrected chi connectivity index (χ1v) is 9.86. The van der Waals surface area contributed by atoms with Gasteiger partial charge in [0.2, 0.25) is 0 Å². The molecule has 4 rings (SSSR count). The molecule has 25 heavy (non-hydrogen) atoms. The van der Waals surface area contributed by atoms with Crippen LogP contribution < -0.4 is 0 Å². The summed E-state index contributed by atoms with van der Waals surface area (Å²) >= 11 is 0. The number of hydrogen-bond acceptors (Lipinski definition) is 3. The lowest BCUT2D eigenvalue weighted by molar-refractivity contribution is 0.0853. The molecule has 0 saturated carbocycles. The van der Waals surface area contributed by atoms with E-state index < -0.39 is 0 Å². The molecule has 0 amide bonds. The van der Waals surface area contributed by atoms with Gasteiger partial charge in [-0.2, -0.15) is 0 Å². The van der Waals surface area contributed by atoms with Crippen LogP contribution in [0.3, 0.4) is 0 Å². The molecule has 0 aliphatic carbocycles. The summed E-state index contributed by atoms with van der Waals surface area (Å²) in [4.78, 5) is 10.1. The average Bonchev–Trinajstić information content (AvgIpc) is 3.04. The number of hydrogen-bond donors (Lipinski definition) is 0. The van der Waals surface area contributed by atoms with Crippen LogP contribution in [0, 0.1) is 5.92 Å². The van der Waals surface area contributed by atoms with Crippen LogP contribution in [0.1, 0.15) is 43.6 Å². The van der Waals surface area contributed by atoms with Gasteiger partial charge in [0.15, 0.2) is 0 Å². The maximum atomic E-state index is 4.77. The van der Waals surface area contributed by atoms with Crippen LogP contribution in [-0.4, -0.2) is 45.5 Å². The molecule has 1 aromatic heterocycles. The van der Waals surface area contributed by atoms with Gasteiger partial charge < -0.3 is 4.57 Å². The molecule has 0 bridgehead atoms. The summed E-state index contributed by atoms with van der Waals surface area (Å²) in [6.45, 7) is 9.24. The number of benzene rings is 1. The van der Waals surface area contributed by atoms with Gasteiger partial charge in [0.1, 0.15) is 5.82 Å². The van der Waals surface area contributed by atoms with E-state index in [9.17, 15) is 0 Å². The van der Waals surface area contributed by atoms with Crippen molar-refractivity contribution < 1.29 is 0 Å². The predicted molar refractivity (Wildman–Crippen MR) is 101 cm³/mol. The van der Waals surface area contributed by atoms with Crippen molar-refractivity contribution in [2.75, 3.05) is 26.2 Å². The van der Waals surface area contributed by atoms with Crippen LogP contribution in [0.15, 0.2) is 42.7 Å². The minimum absolute atomic E-state index is 0.501. The minimum Gasteiger partial charge on any atom is -0.334 e. The largest absolute Gasteiger partial charge is 0.334 e. The fourth-order valence-corrected chi connectivity index (χ4v) is 4.65. The highest BCUT2D eigenvalue weighted by Gasteiger charge is 2.35. The van der Waals surface area contributed by atoms with E-state index in [2.05, 4.69) is 57.8 Å². The lowest BCUT2D eigenvalue weighted by Gasteiger charge is -2.39. The lowest BCUT2D eigenvalue weighted by Crippen LogP contribution is -2.41. The summed E-state index contributed by atoms with van der Waals surface area (Å²) in [6, 6.07) is 11.4. The predicted octanol–water partition coefficient (Wildman–Crippen LogP) is 3.56. The average molecular weight is 338 g/mol. The number of piperidine rings is 1. The van der Waals surface area contributed by atoms with Crippen molar-refractivity contribution in [3.63, 3.8) is 0 Å². The number of rotatable bonds is 4. The van der Waals surface area contributed by atoms with Gasteiger partial charge in [-0.15, -0.1) is 0 Å². The van der Waals surface area contributed by atoms with Crippen LogP contribution in [0.4, 0.5) is 0 Å². The number of likely N-dealkylation sites (tertiary alicyclic amines) is 1. The molecular formula is C21H30N4. The SMILES string of the molecule is CCN1CCCn2ccnc2C1C1CCN(Cc2ccccc2)CC1. The molecule has 1 fully saturated rings. The van der Waals surface area contributed by atoms with Gasteiger partial charge in [-0.05, 0) is 50.4 Å². The number of aryl methyl sites for hydroxylation is 1. The van der Waals surface area contributed by atoms with Crippen LogP contribution >= 0.6 is 0 Å². The molecular weight excluding hydrogens is 308 g/mol. The molecule has 4 nitrogen and oxygen atoms in total. The molecule has 3 heterocycles. The molecule has 1 atom stereocenters. The van der Waals surface area contributed by atoms with Gasteiger partial charge in [-0.25, -0.2) is 4.98 Å². The van der Waals surface area contributed by atoms with E-state index in [1.807, 2.05) is 6.20 Å². The number of fused-ring (bicyclic) bond motifs is 1. The summed E-state index contributed by atoms with van der Waals surface area (Å²) in [6.07, 6.45) is 7.96. The molecule has 0 N–H and O–H groups in total. The third-order valence-corrected chi connectivity index (χ3v) is 5.98. The summed E-state index contributed by atoms with van der Waals surface area (Å²) in [5, 5.41) is 0. The Morgan fingerprint density at radius 3 is 2.60 bits per heavy atom. The Kier molecular flexibility index (Phi) is 5.18. The van der Waals surface area contributed by atoms with Crippen molar-refractivity contribution in [2.24, 2.45) is 5.92 Å². The highest BCUT2D eigenvalue weighted by Crippen LogP contribution is 2.36. The van der Waals surface area contributed by atoms with Gasteiger partial charge in [-0.1, -0.05) is 37.3 Å². The molecule has 0 radical (unpaired) electrons. The third kappa shape index (κ3) is 3.65. The van der Waals surface area contributed by atoms with E-state index in [0.29, 0.717) is 6.04 Å². The Balaban J connectivity index is 1.44. The monoisotopic (exact) mass is 338 g/mol. The normalized spacial score (nSPS) is 23.3. The van der Waals surface area contributed by atoms with Crippen molar-refractivity contribution >= 4 is 0 Å². The van der Waals surface area contributed by atoms with Gasteiger partial charge in [0.05, 0.1) is 6.04 Å². The van der Waals surface area contributed by atoms with E-state index in [1.54, 1.807) is 0 Å². The molecule has 4 heteroatoms. The molecule has 1 saturated heterocycles. The van der Waals surface area contributed by atoms with Gasteiger partial charge in [0, 0.05) is 32.0 Å². The fourth-order valence-electron chi connectivity index (χ4n) is 4.65. The summed E-state index contributed by atoms with van der Waals surface area (Å²) < 4.78 is 2.40. The first-order valence-electron chi connectivity index (χ1n) is 9.86. The Hall–Kier alpha value is -1.65. The minimum atomic E-state index is 0.501. The smallest absolute Gasteiger partial charge is 0.126 e. The highest BCUT2D eigenvalue weighted by atomic mass is 15.2. The first kappa shape index (κ1) is 16.8. The van der Waals surface area contributed by atoms with Crippen LogP contribution in [0.25, 0.3) is 0 Å². The number of nitrogens with zero attached hydrogens (tertiary/aromatic N) is 4. The quantitative estimate of drug-likeness (QED) is 0.852. The van der Waals surface area contributed by atoms with Crippen LogP contribution in [0.2, 0.25) is 0 Å². The zero-order valence-corrected chi connectivity index (χ0v) is 15.3. The van der Waals surface area contributed by atoms with Gasteiger partial charge in [-0.3, -0.25) is 9.80 Å². The zero-order valence-electron chi connectivity index (χ0n) is 15.3. The second kappa shape index (κ2) is 7.71. The van der Waals surface area contributed by atoms with Crippen molar-refractivity contribution in [2.45, 2.75) is 45.3 Å². The number of imidazole rings is 1. The van der Waals surface area contributed by atoms with Crippen LogP contribution in [0.5, 0.6) is 0 Å². The molecule has 2 aliphatic heterocycles. The van der Waals surface area contributed by atoms with Crippen molar-refractivity contribution in [3.05, 3.63) is 54.1 Å². The Morgan fingerprint density at radius 2 is 1.84 bits per heavy atom. The summed E-state index contributed by atoms with van der Waals surface area (Å²) in [7, 11) is 0. The lowest BCUT2D eigenvalue weighted by atomic mass is 9.87.